The SMILES string of the molecule is CC(C(=O)N1CCC(S(=O)(=O)NCc2ccccc2)CC1)n1ccc2ccccc21.[HH]. The molecule has 1 fully saturated rings. The molecule has 0 bridgehead atoms. The van der Waals surface area contributed by atoms with Crippen LogP contribution in [-0.2, 0) is 21.4 Å². The van der Waals surface area contributed by atoms with E-state index in [9.17, 15) is 13.2 Å². The molecule has 1 N–H and O–H groups in total. The Hall–Kier alpha value is -2.64. The molecule has 0 spiro atoms. The fourth-order valence-electron chi connectivity index (χ4n) is 4.11. The highest BCUT2D eigenvalue weighted by Gasteiger charge is 2.33. The van der Waals surface area contributed by atoms with Gasteiger partial charge in [-0.25, -0.2) is 13.1 Å². The number of benzene rings is 2. The number of aromatic nitrogens is 1. The monoisotopic (exact) mass is 427 g/mol. The van der Waals surface area contributed by atoms with Crippen LogP contribution in [0.15, 0.2) is 66.9 Å². The molecule has 6 nitrogen and oxygen atoms in total. The summed E-state index contributed by atoms with van der Waals surface area (Å²) in [6.07, 6.45) is 2.85. The number of fused-ring (bicyclic) bond motifs is 1. The van der Waals surface area contributed by atoms with Gasteiger partial charge in [-0.15, -0.1) is 0 Å². The van der Waals surface area contributed by atoms with Gasteiger partial charge in [0.15, 0.2) is 0 Å². The van der Waals surface area contributed by atoms with Gasteiger partial charge in [-0.05, 0) is 42.8 Å². The Morgan fingerprint density at radius 3 is 2.47 bits per heavy atom. The average Bonchev–Trinajstić information content (AvgIpc) is 3.22. The van der Waals surface area contributed by atoms with E-state index >= 15 is 0 Å². The maximum atomic E-state index is 13.0. The third kappa shape index (κ3) is 4.27. The first-order chi connectivity index (χ1) is 14.5. The van der Waals surface area contributed by atoms with E-state index in [0.717, 1.165) is 16.5 Å². The van der Waals surface area contributed by atoms with Crippen molar-refractivity contribution in [2.45, 2.75) is 37.6 Å². The predicted octanol–water partition coefficient (Wildman–Crippen LogP) is 3.56. The molecule has 30 heavy (non-hydrogen) atoms. The van der Waals surface area contributed by atoms with Crippen LogP contribution >= 0.6 is 0 Å². The molecule has 1 aliphatic rings. The minimum atomic E-state index is -3.42. The van der Waals surface area contributed by atoms with Crippen LogP contribution in [0.5, 0.6) is 0 Å². The summed E-state index contributed by atoms with van der Waals surface area (Å²) in [6.45, 7) is 3.11. The largest absolute Gasteiger partial charge is 0.341 e. The van der Waals surface area contributed by atoms with Crippen LogP contribution in [0.25, 0.3) is 10.9 Å². The number of sulfonamides is 1. The van der Waals surface area contributed by atoms with E-state index in [1.165, 1.54) is 0 Å². The summed E-state index contributed by atoms with van der Waals surface area (Å²) in [5, 5.41) is 0.638. The van der Waals surface area contributed by atoms with Crippen LogP contribution in [0.3, 0.4) is 0 Å². The van der Waals surface area contributed by atoms with Gasteiger partial charge in [0.2, 0.25) is 15.9 Å². The van der Waals surface area contributed by atoms with Crippen LogP contribution in [0, 0.1) is 0 Å². The number of piperidine rings is 1. The van der Waals surface area contributed by atoms with Crippen molar-refractivity contribution >= 4 is 26.8 Å². The van der Waals surface area contributed by atoms with Gasteiger partial charge in [-0.1, -0.05) is 48.5 Å². The first kappa shape index (κ1) is 20.6. The molecule has 1 unspecified atom stereocenters. The molecule has 1 amide bonds. The second-order valence-corrected chi connectivity index (χ2v) is 9.88. The first-order valence-corrected chi connectivity index (χ1v) is 11.9. The number of rotatable bonds is 6. The predicted molar refractivity (Wildman–Crippen MR) is 121 cm³/mol. The number of amides is 1. The lowest BCUT2D eigenvalue weighted by Gasteiger charge is -2.33. The number of nitrogens with one attached hydrogen (secondary N) is 1. The molecular formula is C23H29N3O3S. The Balaban J connectivity index is 0.00000272. The maximum Gasteiger partial charge on any atom is 0.245 e. The molecule has 1 saturated heterocycles. The molecule has 160 valence electrons. The lowest BCUT2D eigenvalue weighted by atomic mass is 10.1. The van der Waals surface area contributed by atoms with E-state index < -0.39 is 15.3 Å². The number of likely N-dealkylation sites (tertiary alicyclic amines) is 1. The molecule has 3 aromatic rings. The molecule has 1 aromatic heterocycles. The summed E-state index contributed by atoms with van der Waals surface area (Å²) in [7, 11) is -3.42. The highest BCUT2D eigenvalue weighted by molar-refractivity contribution is 7.90. The number of para-hydroxylation sites is 1. The van der Waals surface area contributed by atoms with Crippen LogP contribution in [-0.4, -0.2) is 42.1 Å². The van der Waals surface area contributed by atoms with Gasteiger partial charge in [0.25, 0.3) is 0 Å². The van der Waals surface area contributed by atoms with Crippen LogP contribution in [0.4, 0.5) is 0 Å². The molecule has 1 atom stereocenters. The average molecular weight is 428 g/mol. The lowest BCUT2D eigenvalue weighted by Crippen LogP contribution is -2.47. The van der Waals surface area contributed by atoms with Gasteiger partial charge in [0, 0.05) is 32.8 Å². The Morgan fingerprint density at radius 1 is 1.07 bits per heavy atom. The van der Waals surface area contributed by atoms with Crippen molar-refractivity contribution in [1.82, 2.24) is 14.2 Å². The van der Waals surface area contributed by atoms with Gasteiger partial charge < -0.3 is 9.47 Å². The molecule has 4 rings (SSSR count). The molecule has 0 saturated carbocycles. The second kappa shape index (κ2) is 8.62. The van der Waals surface area contributed by atoms with Crippen molar-refractivity contribution in [3.63, 3.8) is 0 Å². The summed E-state index contributed by atoms with van der Waals surface area (Å²) in [5.41, 5.74) is 1.96. The van der Waals surface area contributed by atoms with E-state index in [2.05, 4.69) is 4.72 Å². The lowest BCUT2D eigenvalue weighted by molar-refractivity contribution is -0.135. The van der Waals surface area contributed by atoms with E-state index in [0.29, 0.717) is 32.5 Å². The van der Waals surface area contributed by atoms with Gasteiger partial charge in [-0.3, -0.25) is 4.79 Å². The third-order valence-corrected chi connectivity index (χ3v) is 7.81. The van der Waals surface area contributed by atoms with Gasteiger partial charge in [0.1, 0.15) is 6.04 Å². The number of hydrogen-bond donors (Lipinski definition) is 1. The summed E-state index contributed by atoms with van der Waals surface area (Å²) in [6, 6.07) is 19.2. The van der Waals surface area contributed by atoms with Gasteiger partial charge in [0.05, 0.1) is 5.25 Å². The normalized spacial score (nSPS) is 16.6. The number of carbonyl (C=O) groups excluding carboxylic acids is 1. The molecule has 1 aliphatic heterocycles. The quantitative estimate of drug-likeness (QED) is 0.654. The summed E-state index contributed by atoms with van der Waals surface area (Å²) in [5.74, 6) is 0.0319. The molecule has 0 aliphatic carbocycles. The van der Waals surface area contributed by atoms with Gasteiger partial charge in [-0.2, -0.15) is 0 Å². The van der Waals surface area contributed by atoms with E-state index in [4.69, 9.17) is 0 Å². The molecule has 0 radical (unpaired) electrons. The molecule has 2 aromatic carbocycles. The number of nitrogens with zero attached hydrogens (tertiary/aromatic N) is 2. The highest BCUT2D eigenvalue weighted by atomic mass is 32.2. The standard InChI is InChI=1S/C23H27N3O3S.H2/c1-18(26-16-11-20-9-5-6-10-22(20)26)23(27)25-14-12-21(13-15-25)30(28,29)24-17-19-7-3-2-4-8-19;/h2-11,16,18,21,24H,12-15,17H2,1H3;1H. The van der Waals surface area contributed by atoms with Crippen LogP contribution in [0.1, 0.15) is 32.8 Å². The van der Waals surface area contributed by atoms with Crippen LogP contribution in [0.2, 0.25) is 0 Å². The Labute approximate surface area is 179 Å². The van der Waals surface area contributed by atoms with Gasteiger partial charge >= 0.3 is 0 Å². The second-order valence-electron chi connectivity index (χ2n) is 7.83. The molecular weight excluding hydrogens is 398 g/mol. The summed E-state index contributed by atoms with van der Waals surface area (Å²) in [4.78, 5) is 14.8. The maximum absolute atomic E-state index is 13.0. The fourth-order valence-corrected chi connectivity index (χ4v) is 5.54. The number of carbonyl (C=O) groups is 1. The fraction of sp³-hybridized carbons (Fsp3) is 0.348. The van der Waals surface area contributed by atoms with Crippen molar-refractivity contribution in [3.8, 4) is 0 Å². The Morgan fingerprint density at radius 2 is 1.73 bits per heavy atom. The topological polar surface area (TPSA) is 71.4 Å². The zero-order chi connectivity index (χ0) is 21.1. The van der Waals surface area contributed by atoms with Crippen molar-refractivity contribution in [2.24, 2.45) is 0 Å². The summed E-state index contributed by atoms with van der Waals surface area (Å²) < 4.78 is 30.1. The van der Waals surface area contributed by atoms with Crippen molar-refractivity contribution in [2.75, 3.05) is 13.1 Å². The minimum Gasteiger partial charge on any atom is -0.341 e. The first-order valence-electron chi connectivity index (χ1n) is 10.3. The Kier molecular flexibility index (Phi) is 5.92. The zero-order valence-electron chi connectivity index (χ0n) is 17.1. The minimum absolute atomic E-state index is 0. The van der Waals surface area contributed by atoms with E-state index in [1.807, 2.05) is 78.4 Å². The number of hydrogen-bond acceptors (Lipinski definition) is 3. The van der Waals surface area contributed by atoms with Crippen molar-refractivity contribution < 1.29 is 14.6 Å². The van der Waals surface area contributed by atoms with Crippen molar-refractivity contribution in [3.05, 3.63) is 72.4 Å². The third-order valence-electron chi connectivity index (χ3n) is 5.92. The van der Waals surface area contributed by atoms with Crippen molar-refractivity contribution in [1.29, 1.82) is 0 Å². The van der Waals surface area contributed by atoms with E-state index in [-0.39, 0.29) is 13.4 Å². The molecule has 2 heterocycles. The zero-order valence-corrected chi connectivity index (χ0v) is 17.9. The molecule has 7 heteroatoms. The summed E-state index contributed by atoms with van der Waals surface area (Å²) >= 11 is 0. The Bertz CT molecular complexity index is 1120. The highest BCUT2D eigenvalue weighted by Crippen LogP contribution is 2.24. The van der Waals surface area contributed by atoms with Crippen LogP contribution < -0.4 is 4.72 Å². The van der Waals surface area contributed by atoms with E-state index in [1.54, 1.807) is 4.90 Å². The smallest absolute Gasteiger partial charge is 0.245 e.